The highest BCUT2D eigenvalue weighted by Gasteiger charge is 2.09. The van der Waals surface area contributed by atoms with E-state index < -0.39 is 0 Å². The topological polar surface area (TPSA) is 71.2 Å². The van der Waals surface area contributed by atoms with Gasteiger partial charge >= 0.3 is 0 Å². The van der Waals surface area contributed by atoms with E-state index in [1.807, 2.05) is 18.2 Å². The summed E-state index contributed by atoms with van der Waals surface area (Å²) in [5.41, 5.74) is 7.95. The Kier molecular flexibility index (Phi) is 4.64. The van der Waals surface area contributed by atoms with Gasteiger partial charge in [0.15, 0.2) is 0 Å². The van der Waals surface area contributed by atoms with E-state index in [1.165, 1.54) is 0 Å². The van der Waals surface area contributed by atoms with E-state index in [-0.39, 0.29) is 12.6 Å². The largest absolute Gasteiger partial charge is 0.396 e. The molecule has 0 radical (unpaired) electrons. The molecule has 0 aliphatic heterocycles. The number of pyridine rings is 1. The van der Waals surface area contributed by atoms with Crippen molar-refractivity contribution in [3.63, 3.8) is 0 Å². The predicted molar refractivity (Wildman–Crippen MR) is 73.2 cm³/mol. The molecule has 0 saturated heterocycles. The van der Waals surface area contributed by atoms with Crippen LogP contribution in [0, 0.1) is 0 Å². The lowest BCUT2D eigenvalue weighted by Gasteiger charge is -2.17. The molecule has 2 rings (SSSR count). The number of aromatic nitrogens is 1. The molecule has 0 bridgehead atoms. The van der Waals surface area contributed by atoms with E-state index in [2.05, 4.69) is 22.4 Å². The van der Waals surface area contributed by atoms with Gasteiger partial charge in [-0.25, -0.2) is 0 Å². The monoisotopic (exact) mass is 245 g/mol. The summed E-state index contributed by atoms with van der Waals surface area (Å²) < 4.78 is 0. The second kappa shape index (κ2) is 6.44. The first-order valence-corrected chi connectivity index (χ1v) is 6.24. The standard InChI is InChI=1S/C14H19N3O/c15-10-14(17-7-2-8-18)12-4-5-13-11(9-12)3-1-6-16-13/h1,3-6,9,14,17-18H,2,7-8,10,15H2. The minimum absolute atomic E-state index is 0.126. The van der Waals surface area contributed by atoms with E-state index in [4.69, 9.17) is 10.8 Å². The highest BCUT2D eigenvalue weighted by Crippen LogP contribution is 2.18. The van der Waals surface area contributed by atoms with E-state index in [1.54, 1.807) is 6.20 Å². The van der Waals surface area contributed by atoms with Crippen molar-refractivity contribution in [2.24, 2.45) is 5.73 Å². The number of nitrogens with two attached hydrogens (primary N) is 1. The summed E-state index contributed by atoms with van der Waals surface area (Å²) >= 11 is 0. The van der Waals surface area contributed by atoms with Gasteiger partial charge in [0.05, 0.1) is 5.52 Å². The van der Waals surface area contributed by atoms with E-state index in [9.17, 15) is 0 Å². The Morgan fingerprint density at radius 2 is 2.22 bits per heavy atom. The summed E-state index contributed by atoms with van der Waals surface area (Å²) in [6.07, 6.45) is 2.54. The van der Waals surface area contributed by atoms with Gasteiger partial charge in [0.1, 0.15) is 0 Å². The normalized spacial score (nSPS) is 12.8. The van der Waals surface area contributed by atoms with Crippen LogP contribution in [0.5, 0.6) is 0 Å². The third kappa shape index (κ3) is 3.04. The summed E-state index contributed by atoms with van der Waals surface area (Å²) in [4.78, 5) is 4.30. The average Bonchev–Trinajstić information content (AvgIpc) is 2.43. The number of nitrogens with zero attached hydrogens (tertiary/aromatic N) is 1. The maximum Gasteiger partial charge on any atom is 0.0702 e. The second-order valence-electron chi connectivity index (χ2n) is 4.28. The molecule has 4 nitrogen and oxygen atoms in total. The Labute approximate surface area is 107 Å². The van der Waals surface area contributed by atoms with Crippen molar-refractivity contribution in [3.8, 4) is 0 Å². The highest BCUT2D eigenvalue weighted by atomic mass is 16.3. The Morgan fingerprint density at radius 1 is 1.33 bits per heavy atom. The van der Waals surface area contributed by atoms with Gasteiger partial charge in [-0.3, -0.25) is 4.98 Å². The molecule has 0 fully saturated rings. The molecule has 96 valence electrons. The van der Waals surface area contributed by atoms with Gasteiger partial charge in [-0.1, -0.05) is 12.1 Å². The summed E-state index contributed by atoms with van der Waals surface area (Å²) in [5, 5.41) is 13.3. The Balaban J connectivity index is 2.17. The van der Waals surface area contributed by atoms with Crippen LogP contribution < -0.4 is 11.1 Å². The number of aliphatic hydroxyl groups is 1. The molecule has 0 saturated carbocycles. The number of hydrogen-bond donors (Lipinski definition) is 3. The summed E-state index contributed by atoms with van der Waals surface area (Å²) in [6, 6.07) is 10.3. The van der Waals surface area contributed by atoms with Gasteiger partial charge in [0.25, 0.3) is 0 Å². The molecule has 0 aliphatic carbocycles. The number of fused-ring (bicyclic) bond motifs is 1. The third-order valence-electron chi connectivity index (χ3n) is 2.99. The van der Waals surface area contributed by atoms with Crippen LogP contribution in [0.25, 0.3) is 10.9 Å². The molecule has 18 heavy (non-hydrogen) atoms. The molecule has 0 amide bonds. The van der Waals surface area contributed by atoms with Crippen molar-refractivity contribution in [1.82, 2.24) is 10.3 Å². The molecule has 1 heterocycles. The van der Waals surface area contributed by atoms with Gasteiger partial charge in [0, 0.05) is 30.8 Å². The molecule has 0 spiro atoms. The first-order chi connectivity index (χ1) is 8.85. The molecule has 2 aromatic rings. The Bertz CT molecular complexity index is 501. The first kappa shape index (κ1) is 13.0. The minimum Gasteiger partial charge on any atom is -0.396 e. The van der Waals surface area contributed by atoms with Gasteiger partial charge in [0.2, 0.25) is 0 Å². The molecule has 4 N–H and O–H groups in total. The number of benzene rings is 1. The molecule has 1 unspecified atom stereocenters. The zero-order valence-corrected chi connectivity index (χ0v) is 10.3. The number of aliphatic hydroxyl groups excluding tert-OH is 1. The van der Waals surface area contributed by atoms with Crippen LogP contribution in [0.3, 0.4) is 0 Å². The van der Waals surface area contributed by atoms with Crippen molar-refractivity contribution in [3.05, 3.63) is 42.1 Å². The number of nitrogens with one attached hydrogen (secondary N) is 1. The lowest BCUT2D eigenvalue weighted by Crippen LogP contribution is -2.29. The molecular formula is C14H19N3O. The van der Waals surface area contributed by atoms with Crippen LogP contribution in [0.4, 0.5) is 0 Å². The van der Waals surface area contributed by atoms with Crippen molar-refractivity contribution in [2.45, 2.75) is 12.5 Å². The maximum atomic E-state index is 8.78. The molecule has 0 aliphatic rings. The van der Waals surface area contributed by atoms with Gasteiger partial charge in [-0.15, -0.1) is 0 Å². The summed E-state index contributed by atoms with van der Waals surface area (Å²) in [5.74, 6) is 0. The maximum absolute atomic E-state index is 8.78. The first-order valence-electron chi connectivity index (χ1n) is 6.24. The SMILES string of the molecule is NCC(NCCCO)c1ccc2ncccc2c1. The molecular weight excluding hydrogens is 226 g/mol. The smallest absolute Gasteiger partial charge is 0.0702 e. The Hall–Kier alpha value is -1.49. The van der Waals surface area contributed by atoms with E-state index in [0.717, 1.165) is 29.4 Å². The molecule has 4 heteroatoms. The highest BCUT2D eigenvalue weighted by molar-refractivity contribution is 5.79. The summed E-state index contributed by atoms with van der Waals surface area (Å²) in [7, 11) is 0. The lowest BCUT2D eigenvalue weighted by atomic mass is 10.0. The van der Waals surface area contributed by atoms with E-state index in [0.29, 0.717) is 6.54 Å². The second-order valence-corrected chi connectivity index (χ2v) is 4.28. The quantitative estimate of drug-likeness (QED) is 0.669. The van der Waals surface area contributed by atoms with Crippen LogP contribution in [0.1, 0.15) is 18.0 Å². The van der Waals surface area contributed by atoms with E-state index >= 15 is 0 Å². The van der Waals surface area contributed by atoms with Crippen LogP contribution in [0.15, 0.2) is 36.5 Å². The van der Waals surface area contributed by atoms with Crippen LogP contribution in [-0.4, -0.2) is 29.8 Å². The Morgan fingerprint density at radius 3 is 3.00 bits per heavy atom. The number of rotatable bonds is 6. The molecule has 1 atom stereocenters. The average molecular weight is 245 g/mol. The van der Waals surface area contributed by atoms with Crippen LogP contribution >= 0.6 is 0 Å². The zero-order chi connectivity index (χ0) is 12.8. The van der Waals surface area contributed by atoms with Gasteiger partial charge < -0.3 is 16.2 Å². The summed E-state index contributed by atoms with van der Waals surface area (Å²) in [6.45, 7) is 1.51. The van der Waals surface area contributed by atoms with Crippen molar-refractivity contribution in [2.75, 3.05) is 19.7 Å². The fourth-order valence-electron chi connectivity index (χ4n) is 2.00. The van der Waals surface area contributed by atoms with Crippen molar-refractivity contribution < 1.29 is 5.11 Å². The molecule has 1 aromatic heterocycles. The van der Waals surface area contributed by atoms with Crippen LogP contribution in [-0.2, 0) is 0 Å². The zero-order valence-electron chi connectivity index (χ0n) is 10.3. The van der Waals surface area contributed by atoms with Crippen LogP contribution in [0.2, 0.25) is 0 Å². The van der Waals surface area contributed by atoms with Gasteiger partial charge in [-0.05, 0) is 36.7 Å². The fraction of sp³-hybridized carbons (Fsp3) is 0.357. The fourth-order valence-corrected chi connectivity index (χ4v) is 2.00. The number of hydrogen-bond acceptors (Lipinski definition) is 4. The van der Waals surface area contributed by atoms with Gasteiger partial charge in [-0.2, -0.15) is 0 Å². The predicted octanol–water partition coefficient (Wildman–Crippen LogP) is 1.21. The minimum atomic E-state index is 0.126. The lowest BCUT2D eigenvalue weighted by molar-refractivity contribution is 0.283. The van der Waals surface area contributed by atoms with Crippen molar-refractivity contribution in [1.29, 1.82) is 0 Å². The molecule has 1 aromatic carbocycles. The third-order valence-corrected chi connectivity index (χ3v) is 2.99. The van der Waals surface area contributed by atoms with Crippen molar-refractivity contribution >= 4 is 10.9 Å².